The number of alkyl halides is 1. The SMILES string of the molecule is CCC1CCCN1CBr. The Morgan fingerprint density at radius 3 is 2.89 bits per heavy atom. The zero-order valence-electron chi connectivity index (χ0n) is 5.94. The van der Waals surface area contributed by atoms with Crippen molar-refractivity contribution in [2.24, 2.45) is 0 Å². The summed E-state index contributed by atoms with van der Waals surface area (Å²) in [6.07, 6.45) is 4.11. The van der Waals surface area contributed by atoms with E-state index in [1.165, 1.54) is 25.8 Å². The van der Waals surface area contributed by atoms with Crippen LogP contribution in [0, 0.1) is 0 Å². The van der Waals surface area contributed by atoms with E-state index in [9.17, 15) is 0 Å². The van der Waals surface area contributed by atoms with E-state index in [-0.39, 0.29) is 0 Å². The summed E-state index contributed by atoms with van der Waals surface area (Å²) >= 11 is 3.48. The fraction of sp³-hybridized carbons (Fsp3) is 1.00. The Balaban J connectivity index is 2.32. The summed E-state index contributed by atoms with van der Waals surface area (Å²) in [5.41, 5.74) is 1.06. The molecule has 0 spiro atoms. The minimum atomic E-state index is 0.865. The van der Waals surface area contributed by atoms with E-state index < -0.39 is 0 Å². The van der Waals surface area contributed by atoms with E-state index in [1.54, 1.807) is 0 Å². The van der Waals surface area contributed by atoms with Crippen molar-refractivity contribution in [1.29, 1.82) is 0 Å². The number of halogens is 1. The van der Waals surface area contributed by atoms with Crippen LogP contribution in [0.15, 0.2) is 0 Å². The Kier molecular flexibility index (Phi) is 2.99. The van der Waals surface area contributed by atoms with Crippen LogP contribution in [0.5, 0.6) is 0 Å². The average Bonchev–Trinajstić information content (AvgIpc) is 2.33. The molecule has 0 aliphatic carbocycles. The summed E-state index contributed by atoms with van der Waals surface area (Å²) in [5.74, 6) is 0. The first-order valence-corrected chi connectivity index (χ1v) is 4.80. The van der Waals surface area contributed by atoms with Crippen LogP contribution in [0.1, 0.15) is 26.2 Å². The summed E-state index contributed by atoms with van der Waals surface area (Å²) < 4.78 is 0. The van der Waals surface area contributed by atoms with Crippen LogP contribution in [-0.4, -0.2) is 22.9 Å². The van der Waals surface area contributed by atoms with E-state index in [0.717, 1.165) is 11.5 Å². The molecular formula is C7H14BrN. The smallest absolute Gasteiger partial charge is 0.0545 e. The van der Waals surface area contributed by atoms with Gasteiger partial charge in [-0.3, -0.25) is 4.90 Å². The fourth-order valence-corrected chi connectivity index (χ4v) is 2.18. The van der Waals surface area contributed by atoms with Crippen molar-refractivity contribution in [2.45, 2.75) is 32.2 Å². The zero-order valence-corrected chi connectivity index (χ0v) is 7.52. The van der Waals surface area contributed by atoms with Gasteiger partial charge in [0.2, 0.25) is 0 Å². The van der Waals surface area contributed by atoms with Gasteiger partial charge < -0.3 is 0 Å². The van der Waals surface area contributed by atoms with Gasteiger partial charge in [0.15, 0.2) is 0 Å². The molecule has 2 heteroatoms. The highest BCUT2D eigenvalue weighted by atomic mass is 79.9. The molecule has 9 heavy (non-hydrogen) atoms. The molecule has 1 atom stereocenters. The van der Waals surface area contributed by atoms with Gasteiger partial charge in [-0.2, -0.15) is 0 Å². The van der Waals surface area contributed by atoms with Crippen molar-refractivity contribution >= 4 is 15.9 Å². The summed E-state index contributed by atoms with van der Waals surface area (Å²) in [4.78, 5) is 2.50. The lowest BCUT2D eigenvalue weighted by Gasteiger charge is -2.19. The van der Waals surface area contributed by atoms with Crippen LogP contribution >= 0.6 is 15.9 Å². The Morgan fingerprint density at radius 2 is 2.44 bits per heavy atom. The molecule has 1 heterocycles. The monoisotopic (exact) mass is 191 g/mol. The molecule has 1 saturated heterocycles. The predicted octanol–water partition coefficient (Wildman–Crippen LogP) is 2.21. The van der Waals surface area contributed by atoms with Gasteiger partial charge in [-0.25, -0.2) is 0 Å². The van der Waals surface area contributed by atoms with Gasteiger partial charge in [-0.1, -0.05) is 22.9 Å². The molecule has 0 N–H and O–H groups in total. The van der Waals surface area contributed by atoms with Crippen molar-refractivity contribution in [3.63, 3.8) is 0 Å². The van der Waals surface area contributed by atoms with Crippen LogP contribution in [0.25, 0.3) is 0 Å². The van der Waals surface area contributed by atoms with Gasteiger partial charge in [0.25, 0.3) is 0 Å². The van der Waals surface area contributed by atoms with Crippen LogP contribution in [0.3, 0.4) is 0 Å². The fourth-order valence-electron chi connectivity index (χ4n) is 1.51. The van der Waals surface area contributed by atoms with E-state index in [0.29, 0.717) is 0 Å². The van der Waals surface area contributed by atoms with Gasteiger partial charge >= 0.3 is 0 Å². The van der Waals surface area contributed by atoms with Gasteiger partial charge in [-0.15, -0.1) is 0 Å². The molecule has 1 rings (SSSR count). The normalized spacial score (nSPS) is 29.3. The minimum absolute atomic E-state index is 0.865. The van der Waals surface area contributed by atoms with Crippen molar-refractivity contribution in [1.82, 2.24) is 4.90 Å². The molecule has 54 valence electrons. The first-order valence-electron chi connectivity index (χ1n) is 3.68. The molecule has 1 nitrogen and oxygen atoms in total. The van der Waals surface area contributed by atoms with E-state index >= 15 is 0 Å². The topological polar surface area (TPSA) is 3.24 Å². The Labute approximate surface area is 65.6 Å². The summed E-state index contributed by atoms with van der Waals surface area (Å²) in [6, 6.07) is 0.865. The van der Waals surface area contributed by atoms with Crippen LogP contribution in [0.2, 0.25) is 0 Å². The molecule has 0 aromatic rings. The Morgan fingerprint density at radius 1 is 1.67 bits per heavy atom. The second-order valence-electron chi connectivity index (χ2n) is 2.64. The third kappa shape index (κ3) is 1.68. The van der Waals surface area contributed by atoms with Crippen molar-refractivity contribution in [3.05, 3.63) is 0 Å². The average molecular weight is 192 g/mol. The molecule has 0 saturated carbocycles. The van der Waals surface area contributed by atoms with Crippen LogP contribution in [-0.2, 0) is 0 Å². The zero-order chi connectivity index (χ0) is 6.69. The van der Waals surface area contributed by atoms with Crippen molar-refractivity contribution in [3.8, 4) is 0 Å². The molecular weight excluding hydrogens is 178 g/mol. The molecule has 0 amide bonds. The van der Waals surface area contributed by atoms with Gasteiger partial charge in [-0.05, 0) is 25.8 Å². The molecule has 1 fully saturated rings. The number of rotatable bonds is 2. The molecule has 1 aliphatic heterocycles. The first kappa shape index (κ1) is 7.55. The second kappa shape index (κ2) is 3.57. The number of hydrogen-bond donors (Lipinski definition) is 0. The largest absolute Gasteiger partial charge is 0.291 e. The van der Waals surface area contributed by atoms with Crippen molar-refractivity contribution in [2.75, 3.05) is 12.0 Å². The third-order valence-corrected chi connectivity index (χ3v) is 2.77. The molecule has 0 aromatic heterocycles. The number of likely N-dealkylation sites (tertiary alicyclic amines) is 1. The summed E-state index contributed by atoms with van der Waals surface area (Å²) in [7, 11) is 0. The molecule has 0 radical (unpaired) electrons. The minimum Gasteiger partial charge on any atom is -0.291 e. The number of hydrogen-bond acceptors (Lipinski definition) is 1. The molecule has 1 aliphatic rings. The standard InChI is InChI=1S/C7H14BrN/c1-2-7-4-3-5-9(7)6-8/h7H,2-6H2,1H3. The van der Waals surface area contributed by atoms with Crippen molar-refractivity contribution < 1.29 is 0 Å². The Bertz CT molecular complexity index is 75.0. The third-order valence-electron chi connectivity index (χ3n) is 2.12. The first-order chi connectivity index (χ1) is 4.38. The highest BCUT2D eigenvalue weighted by molar-refractivity contribution is 9.09. The summed E-state index contributed by atoms with van der Waals surface area (Å²) in [6.45, 7) is 3.56. The lowest BCUT2D eigenvalue weighted by molar-refractivity contribution is 0.294. The molecule has 0 aromatic carbocycles. The second-order valence-corrected chi connectivity index (χ2v) is 3.14. The maximum absolute atomic E-state index is 3.48. The molecule has 0 bridgehead atoms. The van der Waals surface area contributed by atoms with Gasteiger partial charge in [0.1, 0.15) is 0 Å². The molecule has 1 unspecified atom stereocenters. The maximum Gasteiger partial charge on any atom is 0.0545 e. The van der Waals surface area contributed by atoms with Gasteiger partial charge in [0.05, 0.1) is 5.45 Å². The predicted molar refractivity (Wildman–Crippen MR) is 43.8 cm³/mol. The summed E-state index contributed by atoms with van der Waals surface area (Å²) in [5, 5.41) is 0. The van der Waals surface area contributed by atoms with Crippen LogP contribution in [0.4, 0.5) is 0 Å². The Hall–Kier alpha value is 0.440. The van der Waals surface area contributed by atoms with E-state index in [1.807, 2.05) is 0 Å². The quantitative estimate of drug-likeness (QED) is 0.479. The van der Waals surface area contributed by atoms with E-state index in [4.69, 9.17) is 0 Å². The highest BCUT2D eigenvalue weighted by Gasteiger charge is 2.20. The van der Waals surface area contributed by atoms with E-state index in [2.05, 4.69) is 27.8 Å². The van der Waals surface area contributed by atoms with Gasteiger partial charge in [0, 0.05) is 6.04 Å². The number of nitrogens with zero attached hydrogens (tertiary/aromatic N) is 1. The van der Waals surface area contributed by atoms with Crippen LogP contribution < -0.4 is 0 Å². The lowest BCUT2D eigenvalue weighted by atomic mass is 10.2. The highest BCUT2D eigenvalue weighted by Crippen LogP contribution is 2.19. The lowest BCUT2D eigenvalue weighted by Crippen LogP contribution is -2.26. The maximum atomic E-state index is 3.48.